The molecule has 7 heteroatoms. The molecule has 0 saturated carbocycles. The van der Waals surface area contributed by atoms with E-state index in [4.69, 9.17) is 10.2 Å². The number of aliphatic hydroxyl groups excluding tert-OH is 1. The van der Waals surface area contributed by atoms with Gasteiger partial charge in [-0.25, -0.2) is 9.59 Å². The number of benzene rings is 1. The van der Waals surface area contributed by atoms with E-state index in [1.54, 1.807) is 24.4 Å². The molecule has 0 unspecified atom stereocenters. The molecule has 0 fully saturated rings. The summed E-state index contributed by atoms with van der Waals surface area (Å²) in [6, 6.07) is 6.81. The van der Waals surface area contributed by atoms with Crippen LogP contribution in [0.2, 0.25) is 0 Å². The van der Waals surface area contributed by atoms with Gasteiger partial charge in [-0.3, -0.25) is 4.98 Å². The molecule has 0 aliphatic carbocycles. The topological polar surface area (TPSA) is 112 Å². The fourth-order valence-electron chi connectivity index (χ4n) is 1.71. The first-order valence-electron chi connectivity index (χ1n) is 5.86. The zero-order valence-electron chi connectivity index (χ0n) is 10.4. The van der Waals surface area contributed by atoms with Crippen LogP contribution in [0, 0.1) is 0 Å². The third kappa shape index (κ3) is 3.01. The number of rotatable bonds is 4. The third-order valence-electron chi connectivity index (χ3n) is 2.67. The highest BCUT2D eigenvalue weighted by atomic mass is 16.4. The average Bonchev–Trinajstić information content (AvgIpc) is 2.45. The Kier molecular flexibility index (Phi) is 4.11. The molecule has 104 valence electrons. The summed E-state index contributed by atoms with van der Waals surface area (Å²) < 4.78 is 0. The molecule has 20 heavy (non-hydrogen) atoms. The van der Waals surface area contributed by atoms with Gasteiger partial charge in [0.05, 0.1) is 17.8 Å². The van der Waals surface area contributed by atoms with Crippen LogP contribution < -0.4 is 10.6 Å². The van der Waals surface area contributed by atoms with E-state index in [-0.39, 0.29) is 0 Å². The zero-order chi connectivity index (χ0) is 14.5. The van der Waals surface area contributed by atoms with Crippen LogP contribution in [0.3, 0.4) is 0 Å². The molecule has 1 aromatic carbocycles. The van der Waals surface area contributed by atoms with Crippen LogP contribution in [0.5, 0.6) is 0 Å². The standard InChI is InChI=1S/C13H13N3O4/c17-7-10(12(18)19)16-13(20)15-9-5-1-3-8-4-2-6-14-11(8)9/h1-6,10,17H,7H2,(H,18,19)(H2,15,16,20)/t10-/m0/s1. The van der Waals surface area contributed by atoms with Gasteiger partial charge in [-0.2, -0.15) is 0 Å². The van der Waals surface area contributed by atoms with Crippen LogP contribution in [0.15, 0.2) is 36.5 Å². The van der Waals surface area contributed by atoms with Crippen molar-refractivity contribution in [2.24, 2.45) is 0 Å². The molecule has 1 heterocycles. The summed E-state index contributed by atoms with van der Waals surface area (Å²) in [6.07, 6.45) is 1.60. The lowest BCUT2D eigenvalue weighted by Gasteiger charge is -2.13. The van der Waals surface area contributed by atoms with Gasteiger partial charge in [0.15, 0.2) is 6.04 Å². The summed E-state index contributed by atoms with van der Waals surface area (Å²) in [5, 5.41) is 23.1. The Balaban J connectivity index is 2.16. The van der Waals surface area contributed by atoms with Crippen LogP contribution in [0.1, 0.15) is 0 Å². The molecule has 0 aliphatic rings. The molecule has 2 amide bonds. The molecule has 0 bridgehead atoms. The van der Waals surface area contributed by atoms with Gasteiger partial charge in [0, 0.05) is 11.6 Å². The molecule has 0 saturated heterocycles. The number of nitrogens with one attached hydrogen (secondary N) is 2. The molecule has 2 aromatic rings. The van der Waals surface area contributed by atoms with Gasteiger partial charge in [-0.05, 0) is 12.1 Å². The lowest BCUT2D eigenvalue weighted by Crippen LogP contribution is -2.45. The van der Waals surface area contributed by atoms with Gasteiger partial charge in [0.2, 0.25) is 0 Å². The lowest BCUT2D eigenvalue weighted by atomic mass is 10.2. The second kappa shape index (κ2) is 5.98. The number of carboxylic acids is 1. The number of hydrogen-bond donors (Lipinski definition) is 4. The van der Waals surface area contributed by atoms with E-state index >= 15 is 0 Å². The van der Waals surface area contributed by atoms with Crippen LogP contribution in [-0.2, 0) is 4.79 Å². The summed E-state index contributed by atoms with van der Waals surface area (Å²) >= 11 is 0. The molecular formula is C13H13N3O4. The molecule has 0 radical (unpaired) electrons. The Morgan fingerprint density at radius 2 is 2.00 bits per heavy atom. The van der Waals surface area contributed by atoms with Crippen molar-refractivity contribution in [2.75, 3.05) is 11.9 Å². The van der Waals surface area contributed by atoms with Crippen LogP contribution in [0.25, 0.3) is 10.9 Å². The van der Waals surface area contributed by atoms with E-state index in [0.29, 0.717) is 11.2 Å². The number of hydrogen-bond acceptors (Lipinski definition) is 4. The normalized spacial score (nSPS) is 11.8. The highest BCUT2D eigenvalue weighted by Crippen LogP contribution is 2.20. The second-order valence-corrected chi connectivity index (χ2v) is 4.05. The zero-order valence-corrected chi connectivity index (χ0v) is 10.4. The van der Waals surface area contributed by atoms with E-state index in [1.165, 1.54) is 0 Å². The molecular weight excluding hydrogens is 262 g/mol. The number of carboxylic acid groups (broad SMARTS) is 1. The lowest BCUT2D eigenvalue weighted by molar-refractivity contribution is -0.140. The number of aliphatic carboxylic acids is 1. The largest absolute Gasteiger partial charge is 0.480 e. The molecule has 1 atom stereocenters. The summed E-state index contributed by atoms with van der Waals surface area (Å²) in [5.74, 6) is -1.31. The fourth-order valence-corrected chi connectivity index (χ4v) is 1.71. The molecule has 0 spiro atoms. The van der Waals surface area contributed by atoms with Gasteiger partial charge < -0.3 is 20.8 Å². The summed E-state index contributed by atoms with van der Waals surface area (Å²) in [7, 11) is 0. The van der Waals surface area contributed by atoms with Crippen molar-refractivity contribution < 1.29 is 19.8 Å². The summed E-state index contributed by atoms with van der Waals surface area (Å²) in [6.45, 7) is -0.684. The Labute approximate surface area is 114 Å². The minimum atomic E-state index is -1.35. The molecule has 1 aromatic heterocycles. The van der Waals surface area contributed by atoms with Crippen LogP contribution in [-0.4, -0.2) is 39.8 Å². The summed E-state index contributed by atoms with van der Waals surface area (Å²) in [5.41, 5.74) is 1.06. The van der Waals surface area contributed by atoms with Crippen molar-refractivity contribution in [3.8, 4) is 0 Å². The van der Waals surface area contributed by atoms with E-state index in [9.17, 15) is 9.59 Å². The predicted octanol–water partition coefficient (Wildman–Crippen LogP) is 0.802. The quantitative estimate of drug-likeness (QED) is 0.659. The monoisotopic (exact) mass is 275 g/mol. The number of aliphatic hydroxyl groups is 1. The van der Waals surface area contributed by atoms with Gasteiger partial charge in [0.25, 0.3) is 0 Å². The Hall–Kier alpha value is -2.67. The van der Waals surface area contributed by atoms with Crippen molar-refractivity contribution in [1.82, 2.24) is 10.3 Å². The number of amides is 2. The van der Waals surface area contributed by atoms with Crippen molar-refractivity contribution in [3.63, 3.8) is 0 Å². The van der Waals surface area contributed by atoms with Gasteiger partial charge >= 0.3 is 12.0 Å². The molecule has 4 N–H and O–H groups in total. The first-order valence-corrected chi connectivity index (χ1v) is 5.86. The third-order valence-corrected chi connectivity index (χ3v) is 2.67. The minimum absolute atomic E-state index is 0.461. The average molecular weight is 275 g/mol. The number of urea groups is 1. The van der Waals surface area contributed by atoms with E-state index in [0.717, 1.165) is 5.39 Å². The Morgan fingerprint density at radius 3 is 2.70 bits per heavy atom. The Bertz CT molecular complexity index is 639. The number of carbonyl (C=O) groups excluding carboxylic acids is 1. The summed E-state index contributed by atoms with van der Waals surface area (Å²) in [4.78, 5) is 26.6. The number of aromatic nitrogens is 1. The number of para-hydroxylation sites is 1. The minimum Gasteiger partial charge on any atom is -0.480 e. The Morgan fingerprint density at radius 1 is 1.25 bits per heavy atom. The first kappa shape index (κ1) is 13.8. The van der Waals surface area contributed by atoms with Crippen molar-refractivity contribution in [1.29, 1.82) is 0 Å². The van der Waals surface area contributed by atoms with E-state index < -0.39 is 24.6 Å². The number of carbonyl (C=O) groups is 2. The van der Waals surface area contributed by atoms with Gasteiger partial charge in [-0.1, -0.05) is 18.2 Å². The van der Waals surface area contributed by atoms with E-state index in [1.807, 2.05) is 12.1 Å². The van der Waals surface area contributed by atoms with Crippen LogP contribution in [0.4, 0.5) is 10.5 Å². The number of fused-ring (bicyclic) bond motifs is 1. The molecule has 2 rings (SSSR count). The van der Waals surface area contributed by atoms with Gasteiger partial charge in [-0.15, -0.1) is 0 Å². The first-order chi connectivity index (χ1) is 9.61. The van der Waals surface area contributed by atoms with Crippen molar-refractivity contribution >= 4 is 28.6 Å². The van der Waals surface area contributed by atoms with E-state index in [2.05, 4.69) is 15.6 Å². The maximum absolute atomic E-state index is 11.7. The number of nitrogens with zero attached hydrogens (tertiary/aromatic N) is 1. The SMILES string of the molecule is O=C(Nc1cccc2cccnc12)N[C@@H](CO)C(=O)O. The highest BCUT2D eigenvalue weighted by molar-refractivity contribution is 6.00. The highest BCUT2D eigenvalue weighted by Gasteiger charge is 2.18. The predicted molar refractivity (Wildman–Crippen MR) is 72.4 cm³/mol. The van der Waals surface area contributed by atoms with Crippen LogP contribution >= 0.6 is 0 Å². The van der Waals surface area contributed by atoms with Gasteiger partial charge in [0.1, 0.15) is 0 Å². The maximum atomic E-state index is 11.7. The molecule has 7 nitrogen and oxygen atoms in total. The fraction of sp³-hybridized carbons (Fsp3) is 0.154. The smallest absolute Gasteiger partial charge is 0.328 e. The maximum Gasteiger partial charge on any atom is 0.328 e. The number of pyridine rings is 1. The van der Waals surface area contributed by atoms with Crippen molar-refractivity contribution in [2.45, 2.75) is 6.04 Å². The van der Waals surface area contributed by atoms with Crippen molar-refractivity contribution in [3.05, 3.63) is 36.5 Å². The second-order valence-electron chi connectivity index (χ2n) is 4.05. The molecule has 0 aliphatic heterocycles. The number of anilines is 1.